The van der Waals surface area contributed by atoms with Crippen LogP contribution in [-0.2, 0) is 13.1 Å². The number of amides is 2. The van der Waals surface area contributed by atoms with Crippen molar-refractivity contribution in [2.24, 2.45) is 0 Å². The van der Waals surface area contributed by atoms with E-state index in [0.29, 0.717) is 6.54 Å². The van der Waals surface area contributed by atoms with E-state index in [1.807, 2.05) is 43.4 Å². The molecule has 0 heterocycles. The van der Waals surface area contributed by atoms with Crippen LogP contribution < -0.4 is 16.0 Å². The monoisotopic (exact) mass is 295 g/mol. The lowest BCUT2D eigenvalue weighted by molar-refractivity contribution is 0.251. The SMILES string of the molecule is C=Cc1ccc(NC(=O)NCc2cccc(CNC)c2)cc1. The van der Waals surface area contributed by atoms with Gasteiger partial charge in [-0.05, 0) is 35.9 Å². The van der Waals surface area contributed by atoms with Crippen molar-refractivity contribution < 1.29 is 4.79 Å². The predicted molar refractivity (Wildman–Crippen MR) is 91.6 cm³/mol. The summed E-state index contributed by atoms with van der Waals surface area (Å²) in [7, 11) is 1.91. The molecular weight excluding hydrogens is 274 g/mol. The molecule has 4 nitrogen and oxygen atoms in total. The molecule has 0 atom stereocenters. The van der Waals surface area contributed by atoms with E-state index in [0.717, 1.165) is 23.4 Å². The van der Waals surface area contributed by atoms with Crippen LogP contribution in [0.4, 0.5) is 10.5 Å². The van der Waals surface area contributed by atoms with Crippen molar-refractivity contribution in [3.05, 3.63) is 71.8 Å². The lowest BCUT2D eigenvalue weighted by Crippen LogP contribution is -2.28. The molecule has 0 aromatic heterocycles. The van der Waals surface area contributed by atoms with Crippen LogP contribution in [0.15, 0.2) is 55.1 Å². The molecule has 2 amide bonds. The third-order valence-corrected chi connectivity index (χ3v) is 3.23. The van der Waals surface area contributed by atoms with Gasteiger partial charge in [-0.2, -0.15) is 0 Å². The molecular formula is C18H21N3O. The van der Waals surface area contributed by atoms with Gasteiger partial charge in [0.05, 0.1) is 0 Å². The van der Waals surface area contributed by atoms with Gasteiger partial charge < -0.3 is 16.0 Å². The minimum absolute atomic E-state index is 0.217. The molecule has 0 saturated heterocycles. The molecule has 114 valence electrons. The smallest absolute Gasteiger partial charge is 0.319 e. The Morgan fingerprint density at radius 1 is 1.09 bits per heavy atom. The quantitative estimate of drug-likeness (QED) is 0.765. The van der Waals surface area contributed by atoms with E-state index in [2.05, 4.69) is 34.7 Å². The highest BCUT2D eigenvalue weighted by Crippen LogP contribution is 2.10. The van der Waals surface area contributed by atoms with Crippen molar-refractivity contribution in [1.29, 1.82) is 0 Å². The molecule has 0 aliphatic carbocycles. The Labute approximate surface area is 131 Å². The number of hydrogen-bond acceptors (Lipinski definition) is 2. The highest BCUT2D eigenvalue weighted by atomic mass is 16.2. The van der Waals surface area contributed by atoms with Crippen molar-refractivity contribution in [2.75, 3.05) is 12.4 Å². The summed E-state index contributed by atoms with van der Waals surface area (Å²) in [6.45, 7) is 5.01. The second kappa shape index (κ2) is 8.00. The second-order valence-electron chi connectivity index (χ2n) is 4.98. The zero-order valence-electron chi connectivity index (χ0n) is 12.7. The number of anilines is 1. The minimum atomic E-state index is -0.217. The molecule has 22 heavy (non-hydrogen) atoms. The lowest BCUT2D eigenvalue weighted by Gasteiger charge is -2.09. The molecule has 4 heteroatoms. The van der Waals surface area contributed by atoms with Gasteiger partial charge in [-0.25, -0.2) is 4.79 Å². The molecule has 0 aliphatic heterocycles. The first kappa shape index (κ1) is 15.8. The van der Waals surface area contributed by atoms with E-state index in [1.165, 1.54) is 5.56 Å². The van der Waals surface area contributed by atoms with Crippen LogP contribution in [0.25, 0.3) is 6.08 Å². The van der Waals surface area contributed by atoms with Gasteiger partial charge in [-0.1, -0.05) is 49.1 Å². The van der Waals surface area contributed by atoms with Gasteiger partial charge in [-0.3, -0.25) is 0 Å². The molecule has 0 saturated carbocycles. The zero-order chi connectivity index (χ0) is 15.8. The van der Waals surface area contributed by atoms with Crippen molar-refractivity contribution in [1.82, 2.24) is 10.6 Å². The van der Waals surface area contributed by atoms with E-state index >= 15 is 0 Å². The largest absolute Gasteiger partial charge is 0.334 e. The average Bonchev–Trinajstić information content (AvgIpc) is 2.54. The Hall–Kier alpha value is -2.59. The molecule has 3 N–H and O–H groups in total. The van der Waals surface area contributed by atoms with E-state index < -0.39 is 0 Å². The summed E-state index contributed by atoms with van der Waals surface area (Å²) in [6.07, 6.45) is 1.77. The number of urea groups is 1. The summed E-state index contributed by atoms with van der Waals surface area (Å²) in [4.78, 5) is 11.9. The maximum absolute atomic E-state index is 11.9. The first-order chi connectivity index (χ1) is 10.7. The van der Waals surface area contributed by atoms with Crippen molar-refractivity contribution in [3.63, 3.8) is 0 Å². The van der Waals surface area contributed by atoms with Gasteiger partial charge in [0.25, 0.3) is 0 Å². The van der Waals surface area contributed by atoms with Crippen molar-refractivity contribution >= 4 is 17.8 Å². The summed E-state index contributed by atoms with van der Waals surface area (Å²) in [5.74, 6) is 0. The lowest BCUT2D eigenvalue weighted by atomic mass is 10.1. The van der Waals surface area contributed by atoms with Gasteiger partial charge in [-0.15, -0.1) is 0 Å². The van der Waals surface area contributed by atoms with Gasteiger partial charge in [0.1, 0.15) is 0 Å². The first-order valence-electron chi connectivity index (χ1n) is 7.21. The molecule has 0 unspecified atom stereocenters. The fourth-order valence-electron chi connectivity index (χ4n) is 2.11. The van der Waals surface area contributed by atoms with Crippen LogP contribution in [0.3, 0.4) is 0 Å². The molecule has 0 radical (unpaired) electrons. The molecule has 2 aromatic rings. The average molecular weight is 295 g/mol. The topological polar surface area (TPSA) is 53.2 Å². The van der Waals surface area contributed by atoms with Gasteiger partial charge in [0.15, 0.2) is 0 Å². The summed E-state index contributed by atoms with van der Waals surface area (Å²) >= 11 is 0. The Morgan fingerprint density at radius 2 is 1.77 bits per heavy atom. The molecule has 2 rings (SSSR count). The number of hydrogen-bond donors (Lipinski definition) is 3. The Bertz CT molecular complexity index is 635. The molecule has 2 aromatic carbocycles. The first-order valence-corrected chi connectivity index (χ1v) is 7.21. The Morgan fingerprint density at radius 3 is 2.41 bits per heavy atom. The van der Waals surface area contributed by atoms with Crippen LogP contribution >= 0.6 is 0 Å². The van der Waals surface area contributed by atoms with E-state index in [-0.39, 0.29) is 6.03 Å². The zero-order valence-corrected chi connectivity index (χ0v) is 12.7. The van der Waals surface area contributed by atoms with Crippen LogP contribution in [-0.4, -0.2) is 13.1 Å². The normalized spacial score (nSPS) is 10.0. The molecule has 0 fully saturated rings. The Balaban J connectivity index is 1.86. The van der Waals surface area contributed by atoms with Crippen molar-refractivity contribution in [3.8, 4) is 0 Å². The predicted octanol–water partition coefficient (Wildman–Crippen LogP) is 3.37. The van der Waals surface area contributed by atoms with Crippen LogP contribution in [0.1, 0.15) is 16.7 Å². The number of benzene rings is 2. The van der Waals surface area contributed by atoms with Crippen molar-refractivity contribution in [2.45, 2.75) is 13.1 Å². The van der Waals surface area contributed by atoms with E-state index in [9.17, 15) is 4.79 Å². The second-order valence-corrected chi connectivity index (χ2v) is 4.98. The summed E-state index contributed by atoms with van der Waals surface area (Å²) in [6, 6.07) is 15.4. The number of nitrogens with one attached hydrogen (secondary N) is 3. The third-order valence-electron chi connectivity index (χ3n) is 3.23. The highest BCUT2D eigenvalue weighted by molar-refractivity contribution is 5.89. The fourth-order valence-corrected chi connectivity index (χ4v) is 2.11. The van der Waals surface area contributed by atoms with E-state index in [1.54, 1.807) is 6.08 Å². The number of carbonyl (C=O) groups excluding carboxylic acids is 1. The standard InChI is InChI=1S/C18H21N3O/c1-3-14-7-9-17(10-8-14)21-18(22)20-13-16-6-4-5-15(11-16)12-19-2/h3-11,19H,1,12-13H2,2H3,(H2,20,21,22). The van der Waals surface area contributed by atoms with Crippen LogP contribution in [0, 0.1) is 0 Å². The van der Waals surface area contributed by atoms with Gasteiger partial charge in [0, 0.05) is 18.8 Å². The number of rotatable bonds is 6. The summed E-state index contributed by atoms with van der Waals surface area (Å²) in [5, 5.41) is 8.77. The van der Waals surface area contributed by atoms with Crippen LogP contribution in [0.2, 0.25) is 0 Å². The third kappa shape index (κ3) is 4.75. The molecule has 0 bridgehead atoms. The molecule has 0 spiro atoms. The molecule has 0 aliphatic rings. The van der Waals surface area contributed by atoms with Gasteiger partial charge >= 0.3 is 6.03 Å². The maximum Gasteiger partial charge on any atom is 0.319 e. The highest BCUT2D eigenvalue weighted by Gasteiger charge is 2.02. The summed E-state index contributed by atoms with van der Waals surface area (Å²) in [5.41, 5.74) is 4.05. The fraction of sp³-hybridized carbons (Fsp3) is 0.167. The Kier molecular flexibility index (Phi) is 5.74. The van der Waals surface area contributed by atoms with E-state index in [4.69, 9.17) is 0 Å². The minimum Gasteiger partial charge on any atom is -0.334 e. The summed E-state index contributed by atoms with van der Waals surface area (Å²) < 4.78 is 0. The number of carbonyl (C=O) groups is 1. The van der Waals surface area contributed by atoms with Crippen LogP contribution in [0.5, 0.6) is 0 Å². The van der Waals surface area contributed by atoms with Gasteiger partial charge in [0.2, 0.25) is 0 Å². The maximum atomic E-state index is 11.9.